The highest BCUT2D eigenvalue weighted by molar-refractivity contribution is 5.65. The minimum atomic E-state index is 0.912. The predicted molar refractivity (Wildman–Crippen MR) is 75.4 cm³/mol. The molecule has 18 heavy (non-hydrogen) atoms. The largest absolute Gasteiger partial charge is 0.316 e. The van der Waals surface area contributed by atoms with Crippen molar-refractivity contribution in [3.05, 3.63) is 41.7 Å². The summed E-state index contributed by atoms with van der Waals surface area (Å²) in [6, 6.07) is 8.72. The molecule has 2 aromatic rings. The molecule has 1 aromatic carbocycles. The van der Waals surface area contributed by atoms with Gasteiger partial charge < -0.3 is 5.32 Å². The summed E-state index contributed by atoms with van der Waals surface area (Å²) in [5, 5.41) is 7.70. The van der Waals surface area contributed by atoms with Gasteiger partial charge in [-0.25, -0.2) is 0 Å². The van der Waals surface area contributed by atoms with Gasteiger partial charge in [0.2, 0.25) is 0 Å². The topological polar surface area (TPSA) is 29.9 Å². The molecule has 0 aliphatic carbocycles. The predicted octanol–water partition coefficient (Wildman–Crippen LogP) is 2.76. The summed E-state index contributed by atoms with van der Waals surface area (Å²) in [5.74, 6) is 0. The molecule has 0 spiro atoms. The van der Waals surface area contributed by atoms with Crippen molar-refractivity contribution < 1.29 is 0 Å². The number of aryl methyl sites for hydroxylation is 2. The van der Waals surface area contributed by atoms with Gasteiger partial charge in [0.25, 0.3) is 0 Å². The van der Waals surface area contributed by atoms with Gasteiger partial charge in [-0.2, -0.15) is 5.10 Å². The Labute approximate surface area is 109 Å². The van der Waals surface area contributed by atoms with Crippen molar-refractivity contribution in [3.8, 4) is 11.1 Å². The van der Waals surface area contributed by atoms with E-state index in [1.54, 1.807) is 0 Å². The van der Waals surface area contributed by atoms with Crippen LogP contribution in [0.2, 0.25) is 0 Å². The lowest BCUT2D eigenvalue weighted by Crippen LogP contribution is -2.04. The number of aromatic nitrogens is 2. The molecule has 0 amide bonds. The maximum absolute atomic E-state index is 4.54. The summed E-state index contributed by atoms with van der Waals surface area (Å²) < 4.78 is 1.90. The zero-order valence-electron chi connectivity index (χ0n) is 11.4. The van der Waals surface area contributed by atoms with Crippen molar-refractivity contribution in [2.45, 2.75) is 26.3 Å². The Morgan fingerprint density at radius 2 is 1.94 bits per heavy atom. The molecule has 0 fully saturated rings. The first kappa shape index (κ1) is 12.8. The second-order valence-corrected chi connectivity index (χ2v) is 4.64. The molecule has 1 aromatic heterocycles. The van der Waals surface area contributed by atoms with Crippen LogP contribution in [-0.2, 0) is 20.0 Å². The van der Waals surface area contributed by atoms with Crippen molar-refractivity contribution in [2.24, 2.45) is 7.05 Å². The third-order valence-corrected chi connectivity index (χ3v) is 3.04. The van der Waals surface area contributed by atoms with Crippen LogP contribution in [0.5, 0.6) is 0 Å². The number of rotatable bonds is 5. The molecule has 1 N–H and O–H groups in total. The van der Waals surface area contributed by atoms with E-state index >= 15 is 0 Å². The molecule has 0 aliphatic heterocycles. The molecular weight excluding hydrogens is 222 g/mol. The summed E-state index contributed by atoms with van der Waals surface area (Å²) in [6.45, 7) is 3.10. The lowest BCUT2D eigenvalue weighted by atomic mass is 10.0. The zero-order valence-corrected chi connectivity index (χ0v) is 11.4. The first-order valence-corrected chi connectivity index (χ1v) is 6.51. The SMILES string of the molecule is CCCc1nn(C)cc1-c1ccc(CNC)cc1. The molecule has 0 saturated heterocycles. The van der Waals surface area contributed by atoms with E-state index in [2.05, 4.69) is 47.8 Å². The minimum absolute atomic E-state index is 0.912. The van der Waals surface area contributed by atoms with Gasteiger partial charge in [0, 0.05) is 25.4 Å². The number of nitrogens with one attached hydrogen (secondary N) is 1. The van der Waals surface area contributed by atoms with Crippen LogP contribution in [0, 0.1) is 0 Å². The van der Waals surface area contributed by atoms with E-state index in [9.17, 15) is 0 Å². The van der Waals surface area contributed by atoms with E-state index in [0.29, 0.717) is 0 Å². The van der Waals surface area contributed by atoms with Crippen molar-refractivity contribution >= 4 is 0 Å². The molecule has 0 saturated carbocycles. The maximum Gasteiger partial charge on any atom is 0.0702 e. The van der Waals surface area contributed by atoms with Crippen molar-refractivity contribution in [1.82, 2.24) is 15.1 Å². The Morgan fingerprint density at radius 3 is 2.56 bits per heavy atom. The Balaban J connectivity index is 2.29. The summed E-state index contributed by atoms with van der Waals surface area (Å²) in [7, 11) is 3.95. The lowest BCUT2D eigenvalue weighted by Gasteiger charge is -2.04. The first-order chi connectivity index (χ1) is 8.74. The van der Waals surface area contributed by atoms with E-state index in [1.807, 2.05) is 18.8 Å². The average Bonchev–Trinajstić information content (AvgIpc) is 2.72. The highest BCUT2D eigenvalue weighted by Gasteiger charge is 2.08. The number of benzene rings is 1. The molecule has 0 atom stereocenters. The summed E-state index contributed by atoms with van der Waals surface area (Å²) in [6.07, 6.45) is 4.27. The van der Waals surface area contributed by atoms with Gasteiger partial charge in [0.05, 0.1) is 5.69 Å². The monoisotopic (exact) mass is 243 g/mol. The van der Waals surface area contributed by atoms with Gasteiger partial charge in [0.1, 0.15) is 0 Å². The second kappa shape index (κ2) is 5.83. The normalized spacial score (nSPS) is 10.8. The van der Waals surface area contributed by atoms with E-state index in [4.69, 9.17) is 0 Å². The van der Waals surface area contributed by atoms with Crippen LogP contribution < -0.4 is 5.32 Å². The van der Waals surface area contributed by atoms with Gasteiger partial charge in [-0.3, -0.25) is 4.68 Å². The summed E-state index contributed by atoms with van der Waals surface area (Å²) in [4.78, 5) is 0. The van der Waals surface area contributed by atoms with Gasteiger partial charge in [-0.1, -0.05) is 37.6 Å². The second-order valence-electron chi connectivity index (χ2n) is 4.64. The quantitative estimate of drug-likeness (QED) is 0.875. The fourth-order valence-electron chi connectivity index (χ4n) is 2.20. The van der Waals surface area contributed by atoms with Crippen LogP contribution in [0.25, 0.3) is 11.1 Å². The van der Waals surface area contributed by atoms with Crippen LogP contribution in [-0.4, -0.2) is 16.8 Å². The molecule has 1 heterocycles. The Bertz CT molecular complexity index is 497. The first-order valence-electron chi connectivity index (χ1n) is 6.51. The average molecular weight is 243 g/mol. The molecule has 2 rings (SSSR count). The molecule has 96 valence electrons. The highest BCUT2D eigenvalue weighted by atomic mass is 15.2. The zero-order chi connectivity index (χ0) is 13.0. The van der Waals surface area contributed by atoms with Crippen LogP contribution in [0.4, 0.5) is 0 Å². The summed E-state index contributed by atoms with van der Waals surface area (Å²) in [5.41, 5.74) is 5.02. The maximum atomic E-state index is 4.54. The van der Waals surface area contributed by atoms with E-state index in [0.717, 1.165) is 19.4 Å². The Kier molecular flexibility index (Phi) is 4.15. The third-order valence-electron chi connectivity index (χ3n) is 3.04. The van der Waals surface area contributed by atoms with Gasteiger partial charge >= 0.3 is 0 Å². The fraction of sp³-hybridized carbons (Fsp3) is 0.400. The van der Waals surface area contributed by atoms with Gasteiger partial charge in [-0.05, 0) is 24.6 Å². The molecule has 3 nitrogen and oxygen atoms in total. The molecular formula is C15H21N3. The molecule has 0 unspecified atom stereocenters. The summed E-state index contributed by atoms with van der Waals surface area (Å²) >= 11 is 0. The van der Waals surface area contributed by atoms with Crippen LogP contribution in [0.1, 0.15) is 24.6 Å². The van der Waals surface area contributed by atoms with E-state index in [-0.39, 0.29) is 0 Å². The van der Waals surface area contributed by atoms with Gasteiger partial charge in [-0.15, -0.1) is 0 Å². The van der Waals surface area contributed by atoms with E-state index in [1.165, 1.54) is 22.4 Å². The van der Waals surface area contributed by atoms with Crippen molar-refractivity contribution in [2.75, 3.05) is 7.05 Å². The van der Waals surface area contributed by atoms with E-state index < -0.39 is 0 Å². The molecule has 0 aliphatic rings. The third kappa shape index (κ3) is 2.79. The Hall–Kier alpha value is -1.61. The smallest absolute Gasteiger partial charge is 0.0702 e. The lowest BCUT2D eigenvalue weighted by molar-refractivity contribution is 0.733. The minimum Gasteiger partial charge on any atom is -0.316 e. The molecule has 0 radical (unpaired) electrons. The highest BCUT2D eigenvalue weighted by Crippen LogP contribution is 2.24. The molecule has 3 heteroatoms. The van der Waals surface area contributed by atoms with Gasteiger partial charge in [0.15, 0.2) is 0 Å². The van der Waals surface area contributed by atoms with Crippen LogP contribution in [0.15, 0.2) is 30.5 Å². The number of hydrogen-bond donors (Lipinski definition) is 1. The standard InChI is InChI=1S/C15H21N3/c1-4-5-15-14(11-18(3)17-15)13-8-6-12(7-9-13)10-16-2/h6-9,11,16H,4-5,10H2,1-3H3. The Morgan fingerprint density at radius 1 is 1.22 bits per heavy atom. The number of nitrogens with zero attached hydrogens (tertiary/aromatic N) is 2. The van der Waals surface area contributed by atoms with Crippen LogP contribution >= 0.6 is 0 Å². The fourth-order valence-corrected chi connectivity index (χ4v) is 2.20. The van der Waals surface area contributed by atoms with Crippen LogP contribution in [0.3, 0.4) is 0 Å². The number of hydrogen-bond acceptors (Lipinski definition) is 2. The van der Waals surface area contributed by atoms with Crippen molar-refractivity contribution in [1.29, 1.82) is 0 Å². The van der Waals surface area contributed by atoms with Crippen molar-refractivity contribution in [3.63, 3.8) is 0 Å². The molecule has 0 bridgehead atoms.